The van der Waals surface area contributed by atoms with Crippen molar-refractivity contribution in [1.29, 1.82) is 0 Å². The second-order valence-corrected chi connectivity index (χ2v) is 7.26. The molecule has 4 nitrogen and oxygen atoms in total. The molecular formula is C18H19BrN2O2S2. The van der Waals surface area contributed by atoms with E-state index in [0.717, 1.165) is 10.0 Å². The monoisotopic (exact) mass is 438 g/mol. The molecule has 0 spiro atoms. The van der Waals surface area contributed by atoms with Crippen molar-refractivity contribution in [2.75, 3.05) is 12.9 Å². The maximum Gasteiger partial charge on any atom is 0.261 e. The molecule has 2 aromatic rings. The number of amides is 1. The molecule has 132 valence electrons. The highest BCUT2D eigenvalue weighted by molar-refractivity contribution is 9.10. The number of ether oxygens (including phenoxy) is 1. The first kappa shape index (κ1) is 19.8. The lowest BCUT2D eigenvalue weighted by Crippen LogP contribution is -2.39. The molecule has 7 heteroatoms. The first-order chi connectivity index (χ1) is 12.0. The molecule has 0 saturated heterocycles. The molecule has 0 aromatic heterocycles. The predicted molar refractivity (Wildman–Crippen MR) is 110 cm³/mol. The van der Waals surface area contributed by atoms with Crippen LogP contribution >= 0.6 is 39.9 Å². The summed E-state index contributed by atoms with van der Waals surface area (Å²) in [5.74, 6) is 0.221. The smallest absolute Gasteiger partial charge is 0.261 e. The van der Waals surface area contributed by atoms with Crippen LogP contribution in [0.1, 0.15) is 22.8 Å². The van der Waals surface area contributed by atoms with Crippen molar-refractivity contribution in [3.05, 3.63) is 58.1 Å². The minimum Gasteiger partial charge on any atom is -0.493 e. The standard InChI is InChI=1S/C18H19BrN2O2S2/c1-3-23-16-9-6-13(19)10-15(16)17(22)21-18(24)20-11-12-4-7-14(25-2)8-5-12/h4-10H,3,11H2,1-2H3,(H2,20,21,22,24). The summed E-state index contributed by atoms with van der Waals surface area (Å²) in [4.78, 5) is 13.7. The van der Waals surface area contributed by atoms with Gasteiger partial charge in [0.2, 0.25) is 0 Å². The van der Waals surface area contributed by atoms with Crippen molar-refractivity contribution in [3.8, 4) is 5.75 Å². The van der Waals surface area contributed by atoms with E-state index >= 15 is 0 Å². The van der Waals surface area contributed by atoms with Crippen molar-refractivity contribution in [1.82, 2.24) is 10.6 Å². The Morgan fingerprint density at radius 1 is 1.24 bits per heavy atom. The van der Waals surface area contributed by atoms with Gasteiger partial charge in [0.1, 0.15) is 5.75 Å². The second-order valence-electron chi connectivity index (χ2n) is 5.06. The van der Waals surface area contributed by atoms with Crippen LogP contribution in [0.15, 0.2) is 51.8 Å². The van der Waals surface area contributed by atoms with E-state index in [-0.39, 0.29) is 11.0 Å². The van der Waals surface area contributed by atoms with E-state index in [9.17, 15) is 4.79 Å². The van der Waals surface area contributed by atoms with Gasteiger partial charge in [-0.25, -0.2) is 0 Å². The number of hydrogen-bond acceptors (Lipinski definition) is 4. The van der Waals surface area contributed by atoms with E-state index in [0.29, 0.717) is 24.5 Å². The van der Waals surface area contributed by atoms with Gasteiger partial charge in [0.25, 0.3) is 5.91 Å². The van der Waals surface area contributed by atoms with Crippen LogP contribution in [0.3, 0.4) is 0 Å². The third-order valence-electron chi connectivity index (χ3n) is 3.33. The van der Waals surface area contributed by atoms with Gasteiger partial charge < -0.3 is 10.1 Å². The third-order valence-corrected chi connectivity index (χ3v) is 4.81. The summed E-state index contributed by atoms with van der Waals surface area (Å²) in [5.41, 5.74) is 1.52. The highest BCUT2D eigenvalue weighted by atomic mass is 79.9. The number of carbonyl (C=O) groups excluding carboxylic acids is 1. The maximum atomic E-state index is 12.5. The molecule has 0 aliphatic rings. The molecule has 0 bridgehead atoms. The van der Waals surface area contributed by atoms with E-state index in [4.69, 9.17) is 17.0 Å². The summed E-state index contributed by atoms with van der Waals surface area (Å²) < 4.78 is 6.30. The van der Waals surface area contributed by atoms with Crippen molar-refractivity contribution in [2.24, 2.45) is 0 Å². The van der Waals surface area contributed by atoms with Crippen LogP contribution in [0.25, 0.3) is 0 Å². The lowest BCUT2D eigenvalue weighted by Gasteiger charge is -2.13. The van der Waals surface area contributed by atoms with Crippen LogP contribution in [-0.4, -0.2) is 23.9 Å². The number of carbonyl (C=O) groups is 1. The van der Waals surface area contributed by atoms with Gasteiger partial charge in [-0.2, -0.15) is 0 Å². The van der Waals surface area contributed by atoms with Gasteiger partial charge in [-0.3, -0.25) is 10.1 Å². The van der Waals surface area contributed by atoms with Crippen LogP contribution in [0.4, 0.5) is 0 Å². The van der Waals surface area contributed by atoms with Gasteiger partial charge in [0.15, 0.2) is 5.11 Å². The SMILES string of the molecule is CCOc1ccc(Br)cc1C(=O)NC(=S)NCc1ccc(SC)cc1. The minimum absolute atomic E-state index is 0.279. The molecular weight excluding hydrogens is 420 g/mol. The number of benzene rings is 2. The molecule has 1 amide bonds. The highest BCUT2D eigenvalue weighted by Crippen LogP contribution is 2.23. The van der Waals surface area contributed by atoms with E-state index in [1.165, 1.54) is 4.90 Å². The van der Waals surface area contributed by atoms with Crippen LogP contribution < -0.4 is 15.4 Å². The molecule has 0 atom stereocenters. The van der Waals surface area contributed by atoms with Gasteiger partial charge in [-0.15, -0.1) is 11.8 Å². The predicted octanol–water partition coefficient (Wildman–Crippen LogP) is 4.37. The van der Waals surface area contributed by atoms with Crippen LogP contribution in [0, 0.1) is 0 Å². The molecule has 0 aliphatic heterocycles. The molecule has 0 aliphatic carbocycles. The molecule has 0 radical (unpaired) electrons. The molecule has 0 heterocycles. The third kappa shape index (κ3) is 6.02. The van der Waals surface area contributed by atoms with Crippen molar-refractivity contribution in [2.45, 2.75) is 18.4 Å². The average molecular weight is 439 g/mol. The van der Waals surface area contributed by atoms with E-state index in [1.54, 1.807) is 23.9 Å². The summed E-state index contributed by atoms with van der Waals surface area (Å²) in [6.45, 7) is 2.90. The van der Waals surface area contributed by atoms with E-state index in [2.05, 4.69) is 38.7 Å². The Bertz CT molecular complexity index is 751. The number of thiocarbonyl (C=S) groups is 1. The fraction of sp³-hybridized carbons (Fsp3) is 0.222. The van der Waals surface area contributed by atoms with E-state index in [1.807, 2.05) is 31.4 Å². The van der Waals surface area contributed by atoms with Gasteiger partial charge in [0.05, 0.1) is 12.2 Å². The molecule has 0 unspecified atom stereocenters. The van der Waals surface area contributed by atoms with Crippen molar-refractivity contribution >= 4 is 50.9 Å². The summed E-state index contributed by atoms with van der Waals surface area (Å²) in [7, 11) is 0. The van der Waals surface area contributed by atoms with Gasteiger partial charge in [-0.1, -0.05) is 28.1 Å². The number of nitrogens with one attached hydrogen (secondary N) is 2. The van der Waals surface area contributed by atoms with Gasteiger partial charge >= 0.3 is 0 Å². The zero-order valence-corrected chi connectivity index (χ0v) is 17.2. The fourth-order valence-corrected chi connectivity index (χ4v) is 3.04. The molecule has 0 fully saturated rings. The Kier molecular flexibility index (Phi) is 7.74. The summed E-state index contributed by atoms with van der Waals surface area (Å²) in [6.07, 6.45) is 2.04. The zero-order valence-electron chi connectivity index (χ0n) is 14.0. The Hall–Kier alpha value is -1.57. The van der Waals surface area contributed by atoms with Crippen molar-refractivity contribution in [3.63, 3.8) is 0 Å². The van der Waals surface area contributed by atoms with Crippen molar-refractivity contribution < 1.29 is 9.53 Å². The van der Waals surface area contributed by atoms with Crippen LogP contribution in [-0.2, 0) is 6.54 Å². The topological polar surface area (TPSA) is 50.4 Å². The number of hydrogen-bond donors (Lipinski definition) is 2. The molecule has 2 N–H and O–H groups in total. The quantitative estimate of drug-likeness (QED) is 0.517. The van der Waals surface area contributed by atoms with Crippen LogP contribution in [0.5, 0.6) is 5.75 Å². The summed E-state index contributed by atoms with van der Waals surface area (Å²) >= 11 is 10.3. The Morgan fingerprint density at radius 3 is 2.60 bits per heavy atom. The number of thioether (sulfide) groups is 1. The molecule has 0 saturated carbocycles. The van der Waals surface area contributed by atoms with Gasteiger partial charge in [0, 0.05) is 15.9 Å². The lowest BCUT2D eigenvalue weighted by molar-refractivity contribution is 0.0973. The highest BCUT2D eigenvalue weighted by Gasteiger charge is 2.14. The first-order valence-electron chi connectivity index (χ1n) is 7.68. The minimum atomic E-state index is -0.306. The Labute approximate surface area is 165 Å². The maximum absolute atomic E-state index is 12.5. The summed E-state index contributed by atoms with van der Waals surface area (Å²) in [5, 5.41) is 6.01. The van der Waals surface area contributed by atoms with E-state index < -0.39 is 0 Å². The number of rotatable bonds is 6. The Balaban J connectivity index is 1.95. The summed E-state index contributed by atoms with van der Waals surface area (Å²) in [6, 6.07) is 13.5. The lowest BCUT2D eigenvalue weighted by atomic mass is 10.2. The normalized spacial score (nSPS) is 10.2. The molecule has 2 aromatic carbocycles. The largest absolute Gasteiger partial charge is 0.493 e. The molecule has 2 rings (SSSR count). The van der Waals surface area contributed by atoms with Gasteiger partial charge in [-0.05, 0) is 61.3 Å². The Morgan fingerprint density at radius 2 is 1.96 bits per heavy atom. The second kappa shape index (κ2) is 9.79. The number of halogens is 1. The fourth-order valence-electron chi connectivity index (χ4n) is 2.10. The zero-order chi connectivity index (χ0) is 18.2. The average Bonchev–Trinajstić information content (AvgIpc) is 2.62. The van der Waals surface area contributed by atoms with Crippen LogP contribution in [0.2, 0.25) is 0 Å². The molecule has 25 heavy (non-hydrogen) atoms. The first-order valence-corrected chi connectivity index (χ1v) is 10.1.